The average Bonchev–Trinajstić information content (AvgIpc) is 2.41. The minimum absolute atomic E-state index is 0.236. The second-order valence-corrected chi connectivity index (χ2v) is 4.48. The third kappa shape index (κ3) is 3.35. The zero-order valence-corrected chi connectivity index (χ0v) is 11.5. The number of benzene rings is 1. The van der Waals surface area contributed by atoms with E-state index in [1.54, 1.807) is 38.2 Å². The Labute approximate surface area is 116 Å². The van der Waals surface area contributed by atoms with Crippen molar-refractivity contribution in [2.45, 2.75) is 13.5 Å². The fraction of sp³-hybridized carbons (Fsp3) is 0.214. The largest absolute Gasteiger partial charge is 0.487 e. The summed E-state index contributed by atoms with van der Waals surface area (Å²) in [5.41, 5.74) is 1.18. The Morgan fingerprint density at radius 3 is 2.79 bits per heavy atom. The fourth-order valence-electron chi connectivity index (χ4n) is 1.58. The quantitative estimate of drug-likeness (QED) is 0.925. The second-order valence-electron chi connectivity index (χ2n) is 4.07. The molecule has 1 heterocycles. The molecule has 5 heteroatoms. The predicted molar refractivity (Wildman–Crippen MR) is 74.3 cm³/mol. The Hall–Kier alpha value is -1.81. The maximum atomic E-state index is 13.1. The number of pyridine rings is 1. The van der Waals surface area contributed by atoms with Gasteiger partial charge in [-0.05, 0) is 42.8 Å². The van der Waals surface area contributed by atoms with Crippen LogP contribution in [0, 0.1) is 12.7 Å². The van der Waals surface area contributed by atoms with Gasteiger partial charge in [-0.25, -0.2) is 9.37 Å². The van der Waals surface area contributed by atoms with Crippen molar-refractivity contribution in [2.24, 2.45) is 0 Å². The van der Waals surface area contributed by atoms with E-state index in [0.29, 0.717) is 22.0 Å². The van der Waals surface area contributed by atoms with Crippen LogP contribution in [0.3, 0.4) is 0 Å². The van der Waals surface area contributed by atoms with Crippen molar-refractivity contribution in [1.82, 2.24) is 4.98 Å². The Kier molecular flexibility index (Phi) is 4.22. The first kappa shape index (κ1) is 13.6. The van der Waals surface area contributed by atoms with Gasteiger partial charge in [0.1, 0.15) is 24.0 Å². The summed E-state index contributed by atoms with van der Waals surface area (Å²) in [6, 6.07) is 8.15. The number of rotatable bonds is 4. The van der Waals surface area contributed by atoms with Crippen LogP contribution in [0.2, 0.25) is 5.02 Å². The first-order chi connectivity index (χ1) is 9.10. The lowest BCUT2D eigenvalue weighted by Gasteiger charge is -2.09. The van der Waals surface area contributed by atoms with Gasteiger partial charge in [-0.2, -0.15) is 0 Å². The smallest absolute Gasteiger partial charge is 0.132 e. The van der Waals surface area contributed by atoms with Crippen LogP contribution in [0.1, 0.15) is 11.3 Å². The van der Waals surface area contributed by atoms with Crippen molar-refractivity contribution >= 4 is 17.4 Å². The van der Waals surface area contributed by atoms with Crippen LogP contribution < -0.4 is 10.1 Å². The topological polar surface area (TPSA) is 34.1 Å². The van der Waals surface area contributed by atoms with Crippen molar-refractivity contribution in [3.05, 3.63) is 52.4 Å². The molecule has 3 nitrogen and oxygen atoms in total. The summed E-state index contributed by atoms with van der Waals surface area (Å²) in [7, 11) is 1.78. The lowest BCUT2D eigenvalue weighted by Crippen LogP contribution is -2.02. The highest BCUT2D eigenvalue weighted by Gasteiger charge is 2.06. The van der Waals surface area contributed by atoms with E-state index >= 15 is 0 Å². The van der Waals surface area contributed by atoms with Crippen molar-refractivity contribution in [3.8, 4) is 5.75 Å². The highest BCUT2D eigenvalue weighted by molar-refractivity contribution is 6.31. The highest BCUT2D eigenvalue weighted by atomic mass is 35.5. The second kappa shape index (κ2) is 5.89. The average molecular weight is 281 g/mol. The molecular weight excluding hydrogens is 267 g/mol. The molecule has 0 aliphatic rings. The van der Waals surface area contributed by atoms with Crippen molar-refractivity contribution in [1.29, 1.82) is 0 Å². The van der Waals surface area contributed by atoms with E-state index in [9.17, 15) is 4.39 Å². The van der Waals surface area contributed by atoms with Crippen molar-refractivity contribution in [2.75, 3.05) is 12.4 Å². The van der Waals surface area contributed by atoms with Gasteiger partial charge in [0.25, 0.3) is 0 Å². The molecule has 0 aliphatic carbocycles. The maximum Gasteiger partial charge on any atom is 0.132 e. The fourth-order valence-corrected chi connectivity index (χ4v) is 1.74. The number of nitrogens with one attached hydrogen (secondary N) is 1. The van der Waals surface area contributed by atoms with Crippen LogP contribution >= 0.6 is 11.6 Å². The molecule has 0 atom stereocenters. The van der Waals surface area contributed by atoms with E-state index < -0.39 is 0 Å². The standard InChI is InChI=1S/C14H14ClFN2O/c1-9-7-10(3-5-12(9)16)19-8-13-11(15)4-6-14(17-2)18-13/h3-7H,8H2,1-2H3,(H,17,18). The van der Waals surface area contributed by atoms with Gasteiger partial charge in [0, 0.05) is 7.05 Å². The number of aryl methyl sites for hydroxylation is 1. The van der Waals surface area contributed by atoms with Gasteiger partial charge in [-0.1, -0.05) is 11.6 Å². The highest BCUT2D eigenvalue weighted by Crippen LogP contribution is 2.20. The summed E-state index contributed by atoms with van der Waals surface area (Å²) in [6.45, 7) is 1.93. The SMILES string of the molecule is CNc1ccc(Cl)c(COc2ccc(F)c(C)c2)n1. The summed E-state index contributed by atoms with van der Waals surface area (Å²) in [6.07, 6.45) is 0. The van der Waals surface area contributed by atoms with E-state index in [1.165, 1.54) is 6.07 Å². The third-order valence-electron chi connectivity index (χ3n) is 2.68. The van der Waals surface area contributed by atoms with Gasteiger partial charge in [0.15, 0.2) is 0 Å². The van der Waals surface area contributed by atoms with Crippen LogP contribution in [-0.2, 0) is 6.61 Å². The van der Waals surface area contributed by atoms with Gasteiger partial charge >= 0.3 is 0 Å². The van der Waals surface area contributed by atoms with Crippen LogP contribution in [-0.4, -0.2) is 12.0 Å². The predicted octanol–water partition coefficient (Wildman–Crippen LogP) is 3.80. The van der Waals surface area contributed by atoms with E-state index in [-0.39, 0.29) is 12.4 Å². The third-order valence-corrected chi connectivity index (χ3v) is 3.02. The molecule has 0 radical (unpaired) electrons. The number of nitrogens with zero attached hydrogens (tertiary/aromatic N) is 1. The zero-order valence-electron chi connectivity index (χ0n) is 10.7. The van der Waals surface area contributed by atoms with Crippen LogP contribution in [0.25, 0.3) is 0 Å². The molecule has 0 saturated carbocycles. The summed E-state index contributed by atoms with van der Waals surface area (Å²) in [5, 5.41) is 3.47. The molecule has 0 saturated heterocycles. The van der Waals surface area contributed by atoms with E-state index in [1.807, 2.05) is 0 Å². The van der Waals surface area contributed by atoms with E-state index in [0.717, 1.165) is 5.82 Å². The molecule has 2 aromatic rings. The van der Waals surface area contributed by atoms with Crippen molar-refractivity contribution < 1.29 is 9.13 Å². The molecular formula is C14H14ClFN2O. The number of halogens is 2. The molecule has 1 aromatic heterocycles. The maximum absolute atomic E-state index is 13.1. The molecule has 0 unspecified atom stereocenters. The molecule has 0 fully saturated rings. The first-order valence-corrected chi connectivity index (χ1v) is 6.20. The molecule has 1 aromatic carbocycles. The Morgan fingerprint density at radius 1 is 1.32 bits per heavy atom. The number of hydrogen-bond donors (Lipinski definition) is 1. The molecule has 0 spiro atoms. The summed E-state index contributed by atoms with van der Waals surface area (Å²) in [5.74, 6) is 1.06. The van der Waals surface area contributed by atoms with E-state index in [2.05, 4.69) is 10.3 Å². The van der Waals surface area contributed by atoms with Crippen LogP contribution in [0.4, 0.5) is 10.2 Å². The van der Waals surface area contributed by atoms with Crippen LogP contribution in [0.15, 0.2) is 30.3 Å². The minimum atomic E-state index is -0.249. The van der Waals surface area contributed by atoms with Gasteiger partial charge in [0.2, 0.25) is 0 Å². The minimum Gasteiger partial charge on any atom is -0.487 e. The summed E-state index contributed by atoms with van der Waals surface area (Å²) < 4.78 is 18.7. The Balaban J connectivity index is 2.11. The van der Waals surface area contributed by atoms with Gasteiger partial charge in [-0.15, -0.1) is 0 Å². The van der Waals surface area contributed by atoms with Gasteiger partial charge in [-0.3, -0.25) is 0 Å². The Morgan fingerprint density at radius 2 is 2.11 bits per heavy atom. The number of aromatic nitrogens is 1. The first-order valence-electron chi connectivity index (χ1n) is 5.82. The van der Waals surface area contributed by atoms with E-state index in [4.69, 9.17) is 16.3 Å². The molecule has 19 heavy (non-hydrogen) atoms. The molecule has 100 valence electrons. The monoisotopic (exact) mass is 280 g/mol. The molecule has 0 amide bonds. The van der Waals surface area contributed by atoms with Gasteiger partial charge < -0.3 is 10.1 Å². The van der Waals surface area contributed by atoms with Gasteiger partial charge in [0.05, 0.1) is 10.7 Å². The van der Waals surface area contributed by atoms with Crippen LogP contribution in [0.5, 0.6) is 5.75 Å². The Bertz CT molecular complexity index is 590. The molecule has 0 aliphatic heterocycles. The van der Waals surface area contributed by atoms with Crippen molar-refractivity contribution in [3.63, 3.8) is 0 Å². The molecule has 0 bridgehead atoms. The molecule has 1 N–H and O–H groups in total. The lowest BCUT2D eigenvalue weighted by atomic mass is 10.2. The number of ether oxygens (including phenoxy) is 1. The normalized spacial score (nSPS) is 10.3. The summed E-state index contributed by atoms with van der Waals surface area (Å²) >= 11 is 6.05. The summed E-state index contributed by atoms with van der Waals surface area (Å²) in [4.78, 5) is 4.30. The lowest BCUT2D eigenvalue weighted by molar-refractivity contribution is 0.301. The number of hydrogen-bond acceptors (Lipinski definition) is 3. The zero-order chi connectivity index (χ0) is 13.8. The number of anilines is 1. The molecule has 2 rings (SSSR count).